The Bertz CT molecular complexity index is 1100. The highest BCUT2D eigenvalue weighted by atomic mass is 35.5. The smallest absolute Gasteiger partial charge is 0.253 e. The Kier molecular flexibility index (Phi) is 7.48. The van der Waals surface area contributed by atoms with Crippen molar-refractivity contribution in [1.82, 2.24) is 19.3 Å². The van der Waals surface area contributed by atoms with Crippen LogP contribution in [-0.4, -0.2) is 83.2 Å². The van der Waals surface area contributed by atoms with E-state index in [9.17, 15) is 19.2 Å². The van der Waals surface area contributed by atoms with Gasteiger partial charge in [0.15, 0.2) is 11.8 Å². The van der Waals surface area contributed by atoms with E-state index in [1.54, 1.807) is 35.2 Å². The largest absolute Gasteiger partial charge is 0.340 e. The van der Waals surface area contributed by atoms with Crippen LogP contribution < -0.4 is 5.56 Å². The number of piperazine rings is 1. The number of aromatic nitrogens is 1. The zero-order valence-corrected chi connectivity index (χ0v) is 20.0. The summed E-state index contributed by atoms with van der Waals surface area (Å²) in [6.45, 7) is 3.88. The fourth-order valence-electron chi connectivity index (χ4n) is 4.60. The third-order valence-electron chi connectivity index (χ3n) is 6.69. The number of hydrogen-bond acceptors (Lipinski definition) is 5. The van der Waals surface area contributed by atoms with Gasteiger partial charge in [-0.2, -0.15) is 0 Å². The molecular weight excluding hydrogens is 456 g/mol. The summed E-state index contributed by atoms with van der Waals surface area (Å²) in [5.41, 5.74) is -0.139. The van der Waals surface area contributed by atoms with Crippen molar-refractivity contribution < 1.29 is 14.4 Å². The quantitative estimate of drug-likeness (QED) is 0.478. The Labute approximate surface area is 203 Å². The average molecular weight is 485 g/mol. The molecule has 8 nitrogen and oxygen atoms in total. The van der Waals surface area contributed by atoms with Gasteiger partial charge in [-0.05, 0) is 26.0 Å². The highest BCUT2D eigenvalue weighted by Gasteiger charge is 2.37. The van der Waals surface area contributed by atoms with Gasteiger partial charge in [0.25, 0.3) is 11.5 Å². The lowest BCUT2D eigenvalue weighted by Crippen LogP contribution is -2.52. The molecule has 2 aliphatic heterocycles. The summed E-state index contributed by atoms with van der Waals surface area (Å²) in [5, 5.41) is 0.259. The zero-order chi connectivity index (χ0) is 24.2. The number of likely N-dealkylation sites (tertiary alicyclic amines) is 1. The minimum absolute atomic E-state index is 0.135. The Morgan fingerprint density at radius 2 is 1.53 bits per heavy atom. The van der Waals surface area contributed by atoms with Crippen LogP contribution in [0.5, 0.6) is 0 Å². The van der Waals surface area contributed by atoms with Crippen molar-refractivity contribution in [2.24, 2.45) is 5.92 Å². The van der Waals surface area contributed by atoms with E-state index in [0.717, 1.165) is 30.7 Å². The summed E-state index contributed by atoms with van der Waals surface area (Å²) in [6.07, 6.45) is 2.40. The lowest BCUT2D eigenvalue weighted by Gasteiger charge is -2.38. The molecule has 2 amide bonds. The minimum Gasteiger partial charge on any atom is -0.340 e. The number of Topliss-reactive ketones (excluding diaryl/α,β-unsaturated/α-hetero) is 1. The molecule has 2 saturated heterocycles. The molecular formula is C25H29ClN4O4. The molecule has 0 spiro atoms. The Balaban J connectivity index is 1.51. The molecule has 0 aliphatic carbocycles. The third kappa shape index (κ3) is 5.23. The van der Waals surface area contributed by atoms with E-state index in [1.165, 1.54) is 18.3 Å². The van der Waals surface area contributed by atoms with Crippen molar-refractivity contribution in [2.75, 3.05) is 46.3 Å². The van der Waals surface area contributed by atoms with Gasteiger partial charge in [0, 0.05) is 63.0 Å². The molecule has 0 N–H and O–H groups in total. The predicted molar refractivity (Wildman–Crippen MR) is 129 cm³/mol. The van der Waals surface area contributed by atoms with E-state index in [4.69, 9.17) is 11.6 Å². The number of hydrogen-bond donors (Lipinski definition) is 0. The second-order valence-electron chi connectivity index (χ2n) is 8.95. The van der Waals surface area contributed by atoms with Crippen LogP contribution in [0.1, 0.15) is 29.2 Å². The number of pyridine rings is 1. The summed E-state index contributed by atoms with van der Waals surface area (Å²) in [5.74, 6) is -0.915. The van der Waals surface area contributed by atoms with Crippen LogP contribution in [0.2, 0.25) is 5.02 Å². The first-order valence-corrected chi connectivity index (χ1v) is 12.0. The molecule has 0 radical (unpaired) electrons. The van der Waals surface area contributed by atoms with E-state index in [1.807, 2.05) is 11.9 Å². The number of piperidine rings is 1. The topological polar surface area (TPSA) is 82.9 Å². The van der Waals surface area contributed by atoms with Gasteiger partial charge in [0.1, 0.15) is 0 Å². The molecule has 3 heterocycles. The van der Waals surface area contributed by atoms with Crippen LogP contribution in [0, 0.1) is 5.92 Å². The van der Waals surface area contributed by atoms with Crippen molar-refractivity contribution in [3.8, 4) is 0 Å². The van der Waals surface area contributed by atoms with Crippen molar-refractivity contribution in [2.45, 2.75) is 18.9 Å². The maximum Gasteiger partial charge on any atom is 0.253 e. The highest BCUT2D eigenvalue weighted by molar-refractivity contribution is 6.30. The van der Waals surface area contributed by atoms with E-state index >= 15 is 0 Å². The number of likely N-dealkylation sites (N-methyl/N-ethyl adjacent to an activating group) is 1. The fourth-order valence-corrected chi connectivity index (χ4v) is 4.77. The van der Waals surface area contributed by atoms with Crippen LogP contribution >= 0.6 is 11.6 Å². The number of amides is 2. The van der Waals surface area contributed by atoms with E-state index < -0.39 is 23.3 Å². The second kappa shape index (κ2) is 10.5. The number of benzene rings is 1. The number of ketones is 1. The van der Waals surface area contributed by atoms with Crippen LogP contribution in [0.15, 0.2) is 53.5 Å². The van der Waals surface area contributed by atoms with Crippen molar-refractivity contribution in [3.05, 3.63) is 69.6 Å². The summed E-state index contributed by atoms with van der Waals surface area (Å²) in [7, 11) is 2.05. The van der Waals surface area contributed by atoms with Crippen LogP contribution in [0.25, 0.3) is 0 Å². The molecule has 34 heavy (non-hydrogen) atoms. The summed E-state index contributed by atoms with van der Waals surface area (Å²) >= 11 is 6.10. The van der Waals surface area contributed by atoms with Gasteiger partial charge in [-0.25, -0.2) is 0 Å². The average Bonchev–Trinajstić information content (AvgIpc) is 2.86. The highest BCUT2D eigenvalue weighted by Crippen LogP contribution is 2.25. The van der Waals surface area contributed by atoms with Gasteiger partial charge in [-0.1, -0.05) is 41.9 Å². The monoisotopic (exact) mass is 484 g/mol. The van der Waals surface area contributed by atoms with Gasteiger partial charge < -0.3 is 14.7 Å². The Morgan fingerprint density at radius 1 is 0.882 bits per heavy atom. The first kappa shape index (κ1) is 24.2. The SMILES string of the molecule is CN1CCN(C(=O)C2CCN(C(=O)C(C(=O)c3ccccc3)n3cc(Cl)ccc3=O)CC2)CC1. The van der Waals surface area contributed by atoms with Gasteiger partial charge in [-0.3, -0.25) is 23.7 Å². The summed E-state index contributed by atoms with van der Waals surface area (Å²) in [6, 6.07) is 9.79. The molecule has 0 bridgehead atoms. The Morgan fingerprint density at radius 3 is 2.18 bits per heavy atom. The number of nitrogens with zero attached hydrogens (tertiary/aromatic N) is 4. The summed E-state index contributed by atoms with van der Waals surface area (Å²) < 4.78 is 1.11. The predicted octanol–water partition coefficient (Wildman–Crippen LogP) is 1.94. The maximum absolute atomic E-state index is 13.6. The molecule has 2 aromatic rings. The first-order chi connectivity index (χ1) is 16.3. The van der Waals surface area contributed by atoms with Crippen LogP contribution in [-0.2, 0) is 9.59 Å². The standard InChI is InChI=1S/C25H29ClN4O4/c1-27-13-15-29(16-14-27)24(33)19-9-11-28(12-10-19)25(34)22(23(32)18-5-3-2-4-6-18)30-17-20(26)7-8-21(30)31/h2-8,17,19,22H,9-16H2,1H3. The van der Waals surface area contributed by atoms with Crippen molar-refractivity contribution >= 4 is 29.2 Å². The number of carbonyl (C=O) groups excluding carboxylic acids is 3. The van der Waals surface area contributed by atoms with E-state index in [0.29, 0.717) is 31.5 Å². The number of carbonyl (C=O) groups is 3. The molecule has 9 heteroatoms. The molecule has 0 saturated carbocycles. The normalized spacial score (nSPS) is 18.5. The molecule has 2 fully saturated rings. The van der Waals surface area contributed by atoms with E-state index in [2.05, 4.69) is 4.90 Å². The molecule has 1 atom stereocenters. The second-order valence-corrected chi connectivity index (χ2v) is 9.39. The lowest BCUT2D eigenvalue weighted by molar-refractivity contribution is -0.142. The molecule has 4 rings (SSSR count). The molecule has 1 unspecified atom stereocenters. The van der Waals surface area contributed by atoms with Gasteiger partial charge in [-0.15, -0.1) is 0 Å². The maximum atomic E-state index is 13.6. The van der Waals surface area contributed by atoms with E-state index in [-0.39, 0.29) is 16.8 Å². The van der Waals surface area contributed by atoms with Gasteiger partial charge in [0.05, 0.1) is 5.02 Å². The first-order valence-electron chi connectivity index (χ1n) is 11.6. The van der Waals surface area contributed by atoms with Crippen LogP contribution in [0.3, 0.4) is 0 Å². The Hall–Kier alpha value is -2.97. The van der Waals surface area contributed by atoms with Crippen molar-refractivity contribution in [3.63, 3.8) is 0 Å². The van der Waals surface area contributed by atoms with Crippen molar-refractivity contribution in [1.29, 1.82) is 0 Å². The lowest BCUT2D eigenvalue weighted by atomic mass is 9.93. The number of halogens is 1. The summed E-state index contributed by atoms with van der Waals surface area (Å²) in [4.78, 5) is 58.2. The molecule has 2 aliphatic rings. The molecule has 1 aromatic heterocycles. The van der Waals surface area contributed by atoms with Gasteiger partial charge >= 0.3 is 0 Å². The number of rotatable bonds is 5. The molecule has 180 valence electrons. The van der Waals surface area contributed by atoms with Gasteiger partial charge in [0.2, 0.25) is 5.91 Å². The third-order valence-corrected chi connectivity index (χ3v) is 6.92. The fraction of sp³-hybridized carbons (Fsp3) is 0.440. The minimum atomic E-state index is -1.35. The van der Waals surface area contributed by atoms with Crippen LogP contribution in [0.4, 0.5) is 0 Å². The zero-order valence-electron chi connectivity index (χ0n) is 19.2. The molecule has 1 aromatic carbocycles.